The number of ether oxygens (including phenoxy) is 1. The number of hydrogen-bond donors (Lipinski definition) is 1. The molecule has 0 saturated carbocycles. The zero-order valence-electron chi connectivity index (χ0n) is 16.6. The first-order valence-electron chi connectivity index (χ1n) is 9.76. The molecule has 1 aliphatic rings. The average molecular weight is 399 g/mol. The van der Waals surface area contributed by atoms with E-state index in [0.717, 1.165) is 6.42 Å². The predicted octanol–water partition coefficient (Wildman–Crippen LogP) is 2.55. The van der Waals surface area contributed by atoms with Crippen LogP contribution in [-0.2, 0) is 4.74 Å². The molecule has 1 aliphatic heterocycles. The van der Waals surface area contributed by atoms with E-state index in [4.69, 9.17) is 4.74 Å². The number of rotatable bonds is 7. The van der Waals surface area contributed by atoms with Gasteiger partial charge >= 0.3 is 0 Å². The van der Waals surface area contributed by atoms with Gasteiger partial charge in [-0.2, -0.15) is 0 Å². The highest BCUT2D eigenvalue weighted by molar-refractivity contribution is 5.97. The Labute approximate surface area is 170 Å². The van der Waals surface area contributed by atoms with Crippen molar-refractivity contribution in [3.63, 3.8) is 0 Å². The van der Waals surface area contributed by atoms with E-state index in [1.54, 1.807) is 48.4 Å². The lowest BCUT2D eigenvalue weighted by Gasteiger charge is -2.36. The Balaban J connectivity index is 1.53. The van der Waals surface area contributed by atoms with Crippen LogP contribution >= 0.6 is 0 Å². The normalized spacial score (nSPS) is 14.0. The summed E-state index contributed by atoms with van der Waals surface area (Å²) in [4.78, 5) is 28.6. The van der Waals surface area contributed by atoms with Gasteiger partial charge in [-0.25, -0.2) is 4.39 Å². The van der Waals surface area contributed by atoms with Gasteiger partial charge in [0.25, 0.3) is 11.8 Å². The van der Waals surface area contributed by atoms with E-state index in [1.165, 1.54) is 6.07 Å². The van der Waals surface area contributed by atoms with Crippen molar-refractivity contribution in [1.82, 2.24) is 10.2 Å². The van der Waals surface area contributed by atoms with Crippen LogP contribution in [0.3, 0.4) is 0 Å². The van der Waals surface area contributed by atoms with Gasteiger partial charge in [-0.05, 0) is 42.8 Å². The second kappa shape index (κ2) is 10.0. The minimum Gasteiger partial charge on any atom is -0.385 e. The number of amides is 2. The number of para-hydroxylation sites is 1. The lowest BCUT2D eigenvalue weighted by Crippen LogP contribution is -2.49. The lowest BCUT2D eigenvalue weighted by atomic mass is 10.1. The zero-order chi connectivity index (χ0) is 20.6. The van der Waals surface area contributed by atoms with Crippen molar-refractivity contribution >= 4 is 17.5 Å². The molecule has 1 saturated heterocycles. The van der Waals surface area contributed by atoms with E-state index < -0.39 is 0 Å². The smallest absolute Gasteiger partial charge is 0.253 e. The molecule has 29 heavy (non-hydrogen) atoms. The van der Waals surface area contributed by atoms with Crippen LogP contribution < -0.4 is 10.2 Å². The number of carbonyl (C=O) groups is 2. The van der Waals surface area contributed by atoms with Crippen LogP contribution in [0.1, 0.15) is 27.1 Å². The summed E-state index contributed by atoms with van der Waals surface area (Å²) in [7, 11) is 1.62. The van der Waals surface area contributed by atoms with Crippen LogP contribution in [0, 0.1) is 5.82 Å². The van der Waals surface area contributed by atoms with Crippen molar-refractivity contribution in [1.29, 1.82) is 0 Å². The van der Waals surface area contributed by atoms with Crippen LogP contribution in [0.2, 0.25) is 0 Å². The first-order valence-corrected chi connectivity index (χ1v) is 9.76. The van der Waals surface area contributed by atoms with Crippen molar-refractivity contribution in [2.24, 2.45) is 0 Å². The van der Waals surface area contributed by atoms with Crippen molar-refractivity contribution in [2.45, 2.75) is 6.42 Å². The number of piperazine rings is 1. The van der Waals surface area contributed by atoms with Crippen molar-refractivity contribution < 1.29 is 18.7 Å². The fourth-order valence-electron chi connectivity index (χ4n) is 3.33. The minimum absolute atomic E-state index is 0.0785. The van der Waals surface area contributed by atoms with Crippen LogP contribution in [-0.4, -0.2) is 63.2 Å². The lowest BCUT2D eigenvalue weighted by molar-refractivity contribution is 0.0746. The zero-order valence-corrected chi connectivity index (χ0v) is 16.6. The summed E-state index contributed by atoms with van der Waals surface area (Å²) in [5.41, 5.74) is 1.63. The Morgan fingerprint density at radius 3 is 2.31 bits per heavy atom. The molecule has 154 valence electrons. The molecule has 0 aliphatic carbocycles. The average Bonchev–Trinajstić information content (AvgIpc) is 2.77. The fourth-order valence-corrected chi connectivity index (χ4v) is 3.33. The number of carbonyl (C=O) groups excluding carboxylic acids is 2. The summed E-state index contributed by atoms with van der Waals surface area (Å²) in [5, 5.41) is 2.82. The van der Waals surface area contributed by atoms with Gasteiger partial charge in [0.05, 0.1) is 5.69 Å². The van der Waals surface area contributed by atoms with E-state index in [1.807, 2.05) is 11.0 Å². The predicted molar refractivity (Wildman–Crippen MR) is 110 cm³/mol. The Hall–Kier alpha value is -2.93. The van der Waals surface area contributed by atoms with Gasteiger partial charge in [0.2, 0.25) is 0 Å². The number of methoxy groups -OCH3 is 1. The molecule has 0 aromatic heterocycles. The highest BCUT2D eigenvalue weighted by Gasteiger charge is 2.23. The van der Waals surface area contributed by atoms with Gasteiger partial charge in [0, 0.05) is 57.6 Å². The number of halogens is 1. The third-order valence-electron chi connectivity index (χ3n) is 4.96. The minimum atomic E-state index is -0.247. The Kier molecular flexibility index (Phi) is 7.19. The van der Waals surface area contributed by atoms with Crippen LogP contribution in [0.5, 0.6) is 0 Å². The van der Waals surface area contributed by atoms with Crippen molar-refractivity contribution in [2.75, 3.05) is 51.3 Å². The van der Waals surface area contributed by atoms with Gasteiger partial charge < -0.3 is 19.9 Å². The molecule has 6 nitrogen and oxygen atoms in total. The maximum atomic E-state index is 14.0. The molecule has 1 heterocycles. The van der Waals surface area contributed by atoms with E-state index in [-0.39, 0.29) is 17.6 Å². The third-order valence-corrected chi connectivity index (χ3v) is 4.96. The van der Waals surface area contributed by atoms with Crippen molar-refractivity contribution in [3.05, 3.63) is 65.5 Å². The largest absolute Gasteiger partial charge is 0.385 e. The fraction of sp³-hybridized carbons (Fsp3) is 0.364. The SMILES string of the molecule is COCCCNC(=O)c1ccc(C(=O)N2CCN(c3ccccc3F)CC2)cc1. The summed E-state index contributed by atoms with van der Waals surface area (Å²) in [6.45, 7) is 3.34. The second-order valence-corrected chi connectivity index (χ2v) is 6.91. The topological polar surface area (TPSA) is 61.9 Å². The molecular weight excluding hydrogens is 373 g/mol. The first-order chi connectivity index (χ1) is 14.1. The highest BCUT2D eigenvalue weighted by Crippen LogP contribution is 2.20. The van der Waals surface area contributed by atoms with Gasteiger partial charge in [-0.15, -0.1) is 0 Å². The molecule has 0 unspecified atom stereocenters. The van der Waals surface area contributed by atoms with Crippen LogP contribution in [0.4, 0.5) is 10.1 Å². The first kappa shape index (κ1) is 20.8. The van der Waals surface area contributed by atoms with Gasteiger partial charge in [0.15, 0.2) is 0 Å². The number of anilines is 1. The third kappa shape index (κ3) is 5.32. The van der Waals surface area contributed by atoms with Gasteiger partial charge in [0.1, 0.15) is 5.82 Å². The molecular formula is C22H26FN3O3. The van der Waals surface area contributed by atoms with Gasteiger partial charge in [-0.3, -0.25) is 9.59 Å². The number of benzene rings is 2. The molecule has 0 spiro atoms. The van der Waals surface area contributed by atoms with E-state index in [0.29, 0.717) is 56.1 Å². The summed E-state index contributed by atoms with van der Waals surface area (Å²) in [6, 6.07) is 13.4. The van der Waals surface area contributed by atoms with E-state index in [9.17, 15) is 14.0 Å². The quantitative estimate of drug-likeness (QED) is 0.727. The molecule has 2 aromatic rings. The molecule has 3 rings (SSSR count). The summed E-state index contributed by atoms with van der Waals surface area (Å²) in [6.07, 6.45) is 0.748. The second-order valence-electron chi connectivity index (χ2n) is 6.91. The molecule has 0 bridgehead atoms. The van der Waals surface area contributed by atoms with Crippen molar-refractivity contribution in [3.8, 4) is 0 Å². The molecule has 2 aromatic carbocycles. The molecule has 0 atom stereocenters. The highest BCUT2D eigenvalue weighted by atomic mass is 19.1. The monoisotopic (exact) mass is 399 g/mol. The standard InChI is InChI=1S/C22H26FN3O3/c1-29-16-4-11-24-21(27)17-7-9-18(10-8-17)22(28)26-14-12-25(13-15-26)20-6-3-2-5-19(20)23/h2-3,5-10H,4,11-16H2,1H3,(H,24,27). The van der Waals surface area contributed by atoms with Gasteiger partial charge in [-0.1, -0.05) is 12.1 Å². The number of hydrogen-bond acceptors (Lipinski definition) is 4. The number of nitrogens with zero attached hydrogens (tertiary/aromatic N) is 2. The number of nitrogens with one attached hydrogen (secondary N) is 1. The van der Waals surface area contributed by atoms with E-state index >= 15 is 0 Å². The molecule has 7 heteroatoms. The summed E-state index contributed by atoms with van der Waals surface area (Å²) in [5.74, 6) is -0.493. The Morgan fingerprint density at radius 2 is 1.66 bits per heavy atom. The Bertz CT molecular complexity index is 833. The van der Waals surface area contributed by atoms with E-state index in [2.05, 4.69) is 5.32 Å². The Morgan fingerprint density at radius 1 is 1.00 bits per heavy atom. The van der Waals surface area contributed by atoms with Crippen LogP contribution in [0.25, 0.3) is 0 Å². The summed E-state index contributed by atoms with van der Waals surface area (Å²) >= 11 is 0. The maximum absolute atomic E-state index is 14.0. The molecule has 1 N–H and O–H groups in total. The molecule has 1 fully saturated rings. The maximum Gasteiger partial charge on any atom is 0.253 e. The molecule has 2 amide bonds. The molecule has 0 radical (unpaired) electrons. The van der Waals surface area contributed by atoms with Crippen LogP contribution in [0.15, 0.2) is 48.5 Å². The summed E-state index contributed by atoms with van der Waals surface area (Å²) < 4.78 is 18.9.